The number of halogens is 3. The molecule has 2 amide bonds. The molecule has 0 heterocycles. The molecular formula is C48H49F3N2O8. The van der Waals surface area contributed by atoms with Gasteiger partial charge in [-0.2, -0.15) is 13.2 Å². The van der Waals surface area contributed by atoms with Crippen molar-refractivity contribution < 1.29 is 51.4 Å². The Hall–Kier alpha value is -6.76. The van der Waals surface area contributed by atoms with E-state index < -0.39 is 60.7 Å². The highest BCUT2D eigenvalue weighted by Gasteiger charge is 2.34. The molecule has 0 unspecified atom stereocenters. The first-order valence-electron chi connectivity index (χ1n) is 19.5. The van der Waals surface area contributed by atoms with E-state index in [0.29, 0.717) is 11.1 Å². The average Bonchev–Trinajstić information content (AvgIpc) is 3.23. The van der Waals surface area contributed by atoms with E-state index in [1.165, 1.54) is 60.5 Å². The molecule has 0 radical (unpaired) electrons. The number of carbonyl (C=O) groups is 5. The maximum atomic E-state index is 13.8. The second-order valence-corrected chi connectivity index (χ2v) is 14.7. The minimum Gasteiger partial charge on any atom is -0.497 e. The summed E-state index contributed by atoms with van der Waals surface area (Å²) in [5.41, 5.74) is 2.54. The molecule has 0 saturated heterocycles. The zero-order chi connectivity index (χ0) is 44.9. The van der Waals surface area contributed by atoms with Crippen molar-refractivity contribution in [2.75, 3.05) is 25.6 Å². The van der Waals surface area contributed by atoms with Crippen molar-refractivity contribution >= 4 is 35.2 Å². The van der Waals surface area contributed by atoms with Crippen LogP contribution in [-0.2, 0) is 38.2 Å². The van der Waals surface area contributed by atoms with E-state index in [1.807, 2.05) is 57.2 Å². The van der Waals surface area contributed by atoms with Gasteiger partial charge in [-0.3, -0.25) is 19.2 Å². The third-order valence-electron chi connectivity index (χ3n) is 8.91. The first-order valence-corrected chi connectivity index (χ1v) is 19.5. The maximum absolute atomic E-state index is 13.8. The largest absolute Gasteiger partial charge is 0.497 e. The van der Waals surface area contributed by atoms with Gasteiger partial charge in [0.15, 0.2) is 12.4 Å². The lowest BCUT2D eigenvalue weighted by Gasteiger charge is -2.25. The Balaban J connectivity index is 0.00000403. The molecule has 1 N–H and O–H groups in total. The first kappa shape index (κ1) is 46.9. The van der Waals surface area contributed by atoms with Crippen molar-refractivity contribution in [2.24, 2.45) is 0 Å². The molecule has 5 aromatic rings. The summed E-state index contributed by atoms with van der Waals surface area (Å²) in [4.78, 5) is 66.3. The van der Waals surface area contributed by atoms with Crippen molar-refractivity contribution in [1.29, 1.82) is 0 Å². The highest BCUT2D eigenvalue weighted by Crippen LogP contribution is 2.35. The molecule has 0 aromatic heterocycles. The molecule has 0 aliphatic rings. The number of Topliss-reactive ketones (excluding diaryl/α,β-unsaturated/α-hetero) is 1. The van der Waals surface area contributed by atoms with Gasteiger partial charge in [0.2, 0.25) is 5.91 Å². The average molecular weight is 839 g/mol. The molecule has 0 aliphatic carbocycles. The molecule has 320 valence electrons. The molecule has 0 bridgehead atoms. The van der Waals surface area contributed by atoms with Gasteiger partial charge in [-0.25, -0.2) is 4.79 Å². The monoisotopic (exact) mass is 838 g/mol. The van der Waals surface area contributed by atoms with Crippen LogP contribution in [0.4, 0.5) is 18.9 Å². The normalized spacial score (nSPS) is 11.0. The highest BCUT2D eigenvalue weighted by atomic mass is 19.4. The molecule has 13 heteroatoms. The molecule has 5 rings (SSSR count). The lowest BCUT2D eigenvalue weighted by molar-refractivity contribution is -0.155. The summed E-state index contributed by atoms with van der Waals surface area (Å²) in [5.74, 6) is -3.03. The molecule has 5 aromatic carbocycles. The van der Waals surface area contributed by atoms with Gasteiger partial charge in [-0.1, -0.05) is 86.1 Å². The maximum Gasteiger partial charge on any atom is 0.416 e. The summed E-state index contributed by atoms with van der Waals surface area (Å²) in [6.07, 6.45) is -5.27. The number of rotatable bonds is 14. The SMILES string of the molecule is CC.COc1ccc(CC(=O)Nc2ccc(C(=O)N(CC(=O)OC(C)(C)C)Cc3ccc(C(=O)OCC(=O)c4ccc(-c5ccc(C)cc5)cc4)cc3)cc2)c(C(F)(F)F)c1. The number of hydrogen-bond donors (Lipinski definition) is 1. The number of alkyl halides is 3. The Morgan fingerprint density at radius 1 is 0.705 bits per heavy atom. The van der Waals surface area contributed by atoms with E-state index in [0.717, 1.165) is 22.8 Å². The van der Waals surface area contributed by atoms with Crippen LogP contribution in [0.5, 0.6) is 5.75 Å². The Kier molecular flexibility index (Phi) is 16.1. The summed E-state index contributed by atoms with van der Waals surface area (Å²) in [5, 5.41) is 2.54. The molecular weight excluding hydrogens is 790 g/mol. The van der Waals surface area contributed by atoms with Crippen molar-refractivity contribution in [2.45, 2.75) is 66.3 Å². The van der Waals surface area contributed by atoms with Crippen LogP contribution in [0, 0.1) is 6.92 Å². The zero-order valence-electron chi connectivity index (χ0n) is 35.1. The lowest BCUT2D eigenvalue weighted by Crippen LogP contribution is -2.38. The van der Waals surface area contributed by atoms with Gasteiger partial charge in [0.1, 0.15) is 17.9 Å². The number of ketones is 1. The minimum absolute atomic E-state index is 0.00134. The topological polar surface area (TPSA) is 128 Å². The molecule has 10 nitrogen and oxygen atoms in total. The van der Waals surface area contributed by atoms with Gasteiger partial charge in [0.05, 0.1) is 24.7 Å². The Morgan fingerprint density at radius 3 is 1.82 bits per heavy atom. The number of esters is 2. The molecule has 0 fully saturated rings. The van der Waals surface area contributed by atoms with Crippen LogP contribution in [-0.4, -0.2) is 60.3 Å². The van der Waals surface area contributed by atoms with Crippen molar-refractivity contribution in [1.82, 2.24) is 4.90 Å². The van der Waals surface area contributed by atoms with Crippen LogP contribution in [0.2, 0.25) is 0 Å². The van der Waals surface area contributed by atoms with Crippen molar-refractivity contribution in [3.05, 3.63) is 154 Å². The van der Waals surface area contributed by atoms with Crippen LogP contribution in [0.25, 0.3) is 11.1 Å². The number of nitrogens with one attached hydrogen (secondary N) is 1. The summed E-state index contributed by atoms with van der Waals surface area (Å²) in [6.45, 7) is 10.1. The fourth-order valence-corrected chi connectivity index (χ4v) is 5.95. The highest BCUT2D eigenvalue weighted by molar-refractivity contribution is 6.00. The van der Waals surface area contributed by atoms with Crippen LogP contribution < -0.4 is 10.1 Å². The number of methoxy groups -OCH3 is 1. The molecule has 61 heavy (non-hydrogen) atoms. The van der Waals surface area contributed by atoms with E-state index in [9.17, 15) is 37.1 Å². The van der Waals surface area contributed by atoms with E-state index in [1.54, 1.807) is 45.0 Å². The second-order valence-electron chi connectivity index (χ2n) is 14.7. The Bertz CT molecular complexity index is 2300. The van der Waals surface area contributed by atoms with Crippen LogP contribution in [0.15, 0.2) is 115 Å². The van der Waals surface area contributed by atoms with Gasteiger partial charge in [-0.05, 0) is 98.5 Å². The predicted molar refractivity (Wildman–Crippen MR) is 226 cm³/mol. The van der Waals surface area contributed by atoms with E-state index in [4.69, 9.17) is 14.2 Å². The number of hydrogen-bond acceptors (Lipinski definition) is 8. The summed E-state index contributed by atoms with van der Waals surface area (Å²) >= 11 is 0. The number of aryl methyl sites for hydroxylation is 1. The lowest BCUT2D eigenvalue weighted by atomic mass is 10.0. The quantitative estimate of drug-likeness (QED) is 0.0865. The van der Waals surface area contributed by atoms with Crippen LogP contribution in [0.1, 0.15) is 87.9 Å². The van der Waals surface area contributed by atoms with Crippen LogP contribution in [0.3, 0.4) is 0 Å². The number of nitrogens with zero attached hydrogens (tertiary/aromatic N) is 1. The number of benzene rings is 5. The molecule has 0 spiro atoms. The van der Waals surface area contributed by atoms with Crippen molar-refractivity contribution in [3.63, 3.8) is 0 Å². The van der Waals surface area contributed by atoms with E-state index in [2.05, 4.69) is 5.32 Å². The summed E-state index contributed by atoms with van der Waals surface area (Å²) < 4.78 is 56.6. The number of anilines is 1. The second kappa shape index (κ2) is 21.0. The Labute approximate surface area is 353 Å². The third kappa shape index (κ3) is 13.9. The van der Waals surface area contributed by atoms with Gasteiger partial charge in [-0.15, -0.1) is 0 Å². The number of ether oxygens (including phenoxy) is 3. The minimum atomic E-state index is -4.70. The number of carbonyl (C=O) groups excluding carboxylic acids is 5. The van der Waals surface area contributed by atoms with Crippen molar-refractivity contribution in [3.8, 4) is 16.9 Å². The summed E-state index contributed by atoms with van der Waals surface area (Å²) in [6, 6.07) is 30.2. The van der Waals surface area contributed by atoms with E-state index >= 15 is 0 Å². The Morgan fingerprint density at radius 2 is 1.26 bits per heavy atom. The van der Waals surface area contributed by atoms with Gasteiger partial charge < -0.3 is 24.4 Å². The van der Waals surface area contributed by atoms with Crippen LogP contribution >= 0.6 is 0 Å². The standard InChI is InChI=1S/C46H43F3N2O8.C2H6/c1-29-6-10-31(11-7-29)32-14-16-33(17-15-32)40(52)28-58-44(56)35-12-8-30(9-13-35)26-51(27-42(54)59-45(2,3)4)43(55)34-18-21-37(22-19-34)50-41(53)24-36-20-23-38(57-5)25-39(36)46(47,48)49;1-2/h6-23,25H,24,26-28H2,1-5H3,(H,50,53);1-2H3. The molecule has 0 saturated carbocycles. The van der Waals surface area contributed by atoms with Gasteiger partial charge in [0.25, 0.3) is 5.91 Å². The van der Waals surface area contributed by atoms with E-state index in [-0.39, 0.29) is 40.5 Å². The molecule has 0 atom stereocenters. The first-order chi connectivity index (χ1) is 28.9. The van der Waals surface area contributed by atoms with Gasteiger partial charge in [0, 0.05) is 23.4 Å². The number of amides is 2. The third-order valence-corrected chi connectivity index (χ3v) is 8.91. The molecule has 0 aliphatic heterocycles. The summed E-state index contributed by atoms with van der Waals surface area (Å²) in [7, 11) is 1.24. The predicted octanol–water partition coefficient (Wildman–Crippen LogP) is 9.92. The fourth-order valence-electron chi connectivity index (χ4n) is 5.95. The zero-order valence-corrected chi connectivity index (χ0v) is 35.1. The smallest absolute Gasteiger partial charge is 0.416 e. The fraction of sp³-hybridized carbons (Fsp3) is 0.271. The van der Waals surface area contributed by atoms with Gasteiger partial charge >= 0.3 is 18.1 Å².